The second-order valence-corrected chi connectivity index (χ2v) is 9.48. The van der Waals surface area contributed by atoms with E-state index in [9.17, 15) is 21.0 Å². The average molecular weight is 401 g/mol. The Morgan fingerprint density at radius 3 is 1.33 bits per heavy atom. The monoisotopic (exact) mass is 400 g/mol. The van der Waals surface area contributed by atoms with E-state index in [1.807, 2.05) is 36.4 Å². The minimum Gasteiger partial charge on any atom is -0.387 e. The van der Waals surface area contributed by atoms with Crippen molar-refractivity contribution in [1.29, 1.82) is 21.0 Å². The lowest BCUT2D eigenvalue weighted by molar-refractivity contribution is 0.337. The molecule has 0 radical (unpaired) electrons. The third kappa shape index (κ3) is 6.01. The van der Waals surface area contributed by atoms with Crippen LogP contribution in [0.3, 0.4) is 0 Å². The van der Waals surface area contributed by atoms with E-state index in [0.29, 0.717) is 25.9 Å². The average Bonchev–Trinajstić information content (AvgIpc) is 2.65. The Labute approximate surface area is 179 Å². The Morgan fingerprint density at radius 2 is 1.03 bits per heavy atom. The van der Waals surface area contributed by atoms with Gasteiger partial charge in [-0.2, -0.15) is 21.0 Å². The Balaban J connectivity index is 2.05. The Bertz CT molecular complexity index is 876. The van der Waals surface area contributed by atoms with Gasteiger partial charge in [-0.15, -0.1) is 0 Å². The van der Waals surface area contributed by atoms with Crippen molar-refractivity contribution in [1.82, 2.24) is 10.6 Å². The summed E-state index contributed by atoms with van der Waals surface area (Å²) in [5.41, 5.74) is 3.97. The maximum Gasteiger partial charge on any atom is 0.132 e. The smallest absolute Gasteiger partial charge is 0.132 e. The SMILES string of the molecule is CC1(C)CC(NCCNC2=CC(=C(C#N)C#N)CC(C)(C)C2)=CC(=C(C#N)C#N)C1. The molecule has 0 spiro atoms. The lowest BCUT2D eigenvalue weighted by atomic mass is 9.76. The van der Waals surface area contributed by atoms with Crippen LogP contribution in [0, 0.1) is 56.2 Å². The molecule has 2 N–H and O–H groups in total. The zero-order valence-electron chi connectivity index (χ0n) is 18.2. The molecule has 0 aromatic heterocycles. The summed E-state index contributed by atoms with van der Waals surface area (Å²) in [7, 11) is 0. The molecule has 6 heteroatoms. The first kappa shape index (κ1) is 22.8. The van der Waals surface area contributed by atoms with Gasteiger partial charge in [-0.05, 0) is 59.8 Å². The van der Waals surface area contributed by atoms with Gasteiger partial charge in [-0.3, -0.25) is 0 Å². The molecule has 6 nitrogen and oxygen atoms in total. The van der Waals surface area contributed by atoms with E-state index in [4.69, 9.17) is 0 Å². The highest BCUT2D eigenvalue weighted by molar-refractivity contribution is 5.48. The van der Waals surface area contributed by atoms with Crippen molar-refractivity contribution in [2.45, 2.75) is 53.4 Å². The maximum absolute atomic E-state index is 9.19. The van der Waals surface area contributed by atoms with Crippen LogP contribution in [0.2, 0.25) is 0 Å². The maximum atomic E-state index is 9.19. The number of nitrogens with one attached hydrogen (secondary N) is 2. The fourth-order valence-electron chi connectivity index (χ4n) is 4.14. The molecule has 0 unspecified atom stereocenters. The van der Waals surface area contributed by atoms with Crippen LogP contribution < -0.4 is 10.6 Å². The van der Waals surface area contributed by atoms with E-state index in [-0.39, 0.29) is 22.0 Å². The van der Waals surface area contributed by atoms with Crippen LogP contribution in [-0.4, -0.2) is 13.1 Å². The van der Waals surface area contributed by atoms with Crippen LogP contribution in [0.5, 0.6) is 0 Å². The summed E-state index contributed by atoms with van der Waals surface area (Å²) in [6.07, 6.45) is 7.01. The number of hydrogen-bond acceptors (Lipinski definition) is 6. The van der Waals surface area contributed by atoms with Crippen LogP contribution in [-0.2, 0) is 0 Å². The van der Waals surface area contributed by atoms with Crippen molar-refractivity contribution in [3.63, 3.8) is 0 Å². The number of nitrogens with zero attached hydrogens (tertiary/aromatic N) is 4. The summed E-state index contributed by atoms with van der Waals surface area (Å²) in [5.74, 6) is 0. The van der Waals surface area contributed by atoms with Crippen LogP contribution in [0.25, 0.3) is 0 Å². The van der Waals surface area contributed by atoms with Gasteiger partial charge in [0.15, 0.2) is 0 Å². The molecule has 0 bridgehead atoms. The van der Waals surface area contributed by atoms with Crippen LogP contribution in [0.15, 0.2) is 45.8 Å². The summed E-state index contributed by atoms with van der Waals surface area (Å²) >= 11 is 0. The fourth-order valence-corrected chi connectivity index (χ4v) is 4.14. The van der Waals surface area contributed by atoms with Gasteiger partial charge in [0.2, 0.25) is 0 Å². The minimum absolute atomic E-state index is 0.0145. The third-order valence-electron chi connectivity index (χ3n) is 5.29. The Morgan fingerprint density at radius 1 is 0.700 bits per heavy atom. The van der Waals surface area contributed by atoms with E-state index in [0.717, 1.165) is 35.4 Å². The molecule has 2 aliphatic carbocycles. The molecule has 0 amide bonds. The van der Waals surface area contributed by atoms with Gasteiger partial charge in [-0.1, -0.05) is 27.7 Å². The van der Waals surface area contributed by atoms with Gasteiger partial charge in [0, 0.05) is 24.5 Å². The number of nitriles is 4. The van der Waals surface area contributed by atoms with Gasteiger partial charge in [0.1, 0.15) is 35.4 Å². The van der Waals surface area contributed by atoms with Gasteiger partial charge >= 0.3 is 0 Å². The largest absolute Gasteiger partial charge is 0.387 e. The minimum atomic E-state index is -0.0145. The molecule has 0 saturated carbocycles. The molecule has 0 atom stereocenters. The topological polar surface area (TPSA) is 119 Å². The summed E-state index contributed by atoms with van der Waals surface area (Å²) in [6, 6.07) is 7.99. The number of allylic oxidation sites excluding steroid dienone is 8. The summed E-state index contributed by atoms with van der Waals surface area (Å²) < 4.78 is 0. The molecular weight excluding hydrogens is 372 g/mol. The lowest BCUT2D eigenvalue weighted by Gasteiger charge is -2.33. The first-order valence-corrected chi connectivity index (χ1v) is 10.1. The van der Waals surface area contributed by atoms with Crippen LogP contribution in [0.1, 0.15) is 53.4 Å². The summed E-state index contributed by atoms with van der Waals surface area (Å²) in [5, 5.41) is 43.6. The second-order valence-electron chi connectivity index (χ2n) is 9.48. The van der Waals surface area contributed by atoms with Crippen molar-refractivity contribution in [3.05, 3.63) is 45.8 Å². The standard InChI is InChI=1S/C24H28N6/c1-23(2)9-17(19(13-25)14-26)7-21(11-23)29-5-6-30-22-8-18(20(15-27)16-28)10-24(3,4)12-22/h7-8,29-30H,5-6,9-12H2,1-4H3. The first-order valence-electron chi connectivity index (χ1n) is 10.1. The van der Waals surface area contributed by atoms with E-state index < -0.39 is 0 Å². The normalized spacial score (nSPS) is 19.1. The predicted molar refractivity (Wildman–Crippen MR) is 115 cm³/mol. The molecule has 0 aromatic rings. The zero-order chi connectivity index (χ0) is 22.4. The van der Waals surface area contributed by atoms with Crippen molar-refractivity contribution < 1.29 is 0 Å². The molecule has 30 heavy (non-hydrogen) atoms. The summed E-state index contributed by atoms with van der Waals surface area (Å²) in [4.78, 5) is 0. The summed E-state index contributed by atoms with van der Waals surface area (Å²) in [6.45, 7) is 9.91. The molecule has 0 aromatic carbocycles. The van der Waals surface area contributed by atoms with Crippen molar-refractivity contribution in [3.8, 4) is 24.3 Å². The molecule has 154 valence electrons. The lowest BCUT2D eigenvalue weighted by Crippen LogP contribution is -2.32. The molecule has 0 saturated heterocycles. The van der Waals surface area contributed by atoms with Crippen molar-refractivity contribution in [2.75, 3.05) is 13.1 Å². The van der Waals surface area contributed by atoms with Crippen LogP contribution >= 0.6 is 0 Å². The van der Waals surface area contributed by atoms with E-state index >= 15 is 0 Å². The first-order chi connectivity index (χ1) is 14.1. The molecule has 0 heterocycles. The van der Waals surface area contributed by atoms with Crippen LogP contribution in [0.4, 0.5) is 0 Å². The predicted octanol–water partition coefficient (Wildman–Crippen LogP) is 4.26. The molecular formula is C24H28N6. The van der Waals surface area contributed by atoms with Gasteiger partial charge in [0.25, 0.3) is 0 Å². The van der Waals surface area contributed by atoms with Gasteiger partial charge in [-0.25, -0.2) is 0 Å². The number of rotatable bonds is 5. The number of hydrogen-bond donors (Lipinski definition) is 2. The molecule has 2 aliphatic rings. The van der Waals surface area contributed by atoms with Crippen molar-refractivity contribution in [2.24, 2.45) is 10.8 Å². The third-order valence-corrected chi connectivity index (χ3v) is 5.29. The highest BCUT2D eigenvalue weighted by Crippen LogP contribution is 2.39. The highest BCUT2D eigenvalue weighted by atomic mass is 15.0. The second kappa shape index (κ2) is 9.35. The van der Waals surface area contributed by atoms with E-state index in [1.54, 1.807) is 0 Å². The van der Waals surface area contributed by atoms with Gasteiger partial charge in [0.05, 0.1) is 0 Å². The fraction of sp³-hybridized carbons (Fsp3) is 0.500. The van der Waals surface area contributed by atoms with Gasteiger partial charge < -0.3 is 10.6 Å². The Kier molecular flexibility index (Phi) is 7.10. The van der Waals surface area contributed by atoms with Crippen molar-refractivity contribution >= 4 is 0 Å². The highest BCUT2D eigenvalue weighted by Gasteiger charge is 2.28. The quantitative estimate of drug-likeness (QED) is 0.525. The van der Waals surface area contributed by atoms with E-state index in [2.05, 4.69) is 38.3 Å². The zero-order valence-corrected chi connectivity index (χ0v) is 18.2. The molecule has 0 aliphatic heterocycles. The molecule has 0 fully saturated rings. The van der Waals surface area contributed by atoms with E-state index in [1.165, 1.54) is 0 Å². The Hall–Kier alpha value is -3.48. The molecule has 2 rings (SSSR count).